The molecule has 6 nitrogen and oxygen atoms in total. The van der Waals surface area contributed by atoms with Gasteiger partial charge in [-0.3, -0.25) is 14.7 Å². The number of pyridine rings is 1. The molecule has 0 fully saturated rings. The zero-order valence-corrected chi connectivity index (χ0v) is 16.1. The number of imidazole rings is 1. The summed E-state index contributed by atoms with van der Waals surface area (Å²) in [6, 6.07) is 0.958. The predicted octanol–water partition coefficient (Wildman–Crippen LogP) is 4.20. The number of nitrogens with zero attached hydrogens (tertiary/aromatic N) is 3. The van der Waals surface area contributed by atoms with Crippen molar-refractivity contribution in [1.29, 1.82) is 0 Å². The number of anilines is 1. The predicted molar refractivity (Wildman–Crippen MR) is 92.4 cm³/mol. The highest BCUT2D eigenvalue weighted by Gasteiger charge is 2.38. The molecule has 2 rings (SSSR count). The molecule has 0 saturated heterocycles. The Morgan fingerprint density at radius 3 is 2.29 bits per heavy atom. The van der Waals surface area contributed by atoms with Crippen LogP contribution in [-0.2, 0) is 16.5 Å². The first-order valence-electron chi connectivity index (χ1n) is 8.01. The minimum atomic E-state index is -4.81. The third-order valence-corrected chi connectivity index (χ3v) is 4.05. The summed E-state index contributed by atoms with van der Waals surface area (Å²) in [6.07, 6.45) is -8.92. The highest BCUT2D eigenvalue weighted by Crippen LogP contribution is 2.36. The lowest BCUT2D eigenvalue weighted by molar-refractivity contribution is -0.140. The summed E-state index contributed by atoms with van der Waals surface area (Å²) in [5, 5.41) is 11.2. The van der Waals surface area contributed by atoms with E-state index in [-0.39, 0.29) is 17.1 Å². The van der Waals surface area contributed by atoms with Crippen molar-refractivity contribution in [3.8, 4) is 0 Å². The van der Waals surface area contributed by atoms with Crippen LogP contribution in [0.5, 0.6) is 0 Å². The molecule has 0 spiro atoms. The standard InChI is InChI=1S/C16H18ClF5N4O2/c1-14(2,3)26-11-8(5-7(17)10(25-11)16(20,21)22)23-13(26)24-9(27)6-15(4,28)12(18)19/h5,12,28H,6H2,1-4H3,(H,23,24,27). The average Bonchev–Trinajstić information content (AvgIpc) is 2.80. The lowest BCUT2D eigenvalue weighted by atomic mass is 10.0. The number of hydrogen-bond acceptors (Lipinski definition) is 4. The van der Waals surface area contributed by atoms with E-state index in [2.05, 4.69) is 15.3 Å². The number of hydrogen-bond donors (Lipinski definition) is 2. The van der Waals surface area contributed by atoms with E-state index in [1.165, 1.54) is 4.57 Å². The first-order valence-corrected chi connectivity index (χ1v) is 8.39. The van der Waals surface area contributed by atoms with Crippen LogP contribution in [0.1, 0.15) is 39.8 Å². The molecular formula is C16H18ClF5N4O2. The molecular weight excluding hydrogens is 411 g/mol. The second-order valence-corrected chi connectivity index (χ2v) is 7.89. The molecule has 2 aromatic rings. The van der Waals surface area contributed by atoms with E-state index < -0.39 is 46.8 Å². The largest absolute Gasteiger partial charge is 0.434 e. The van der Waals surface area contributed by atoms with E-state index in [1.807, 2.05) is 0 Å². The van der Waals surface area contributed by atoms with Gasteiger partial charge >= 0.3 is 6.18 Å². The normalized spacial score (nSPS) is 15.1. The van der Waals surface area contributed by atoms with Crippen molar-refractivity contribution in [3.63, 3.8) is 0 Å². The van der Waals surface area contributed by atoms with Crippen molar-refractivity contribution < 1.29 is 31.9 Å². The van der Waals surface area contributed by atoms with E-state index in [0.29, 0.717) is 0 Å². The van der Waals surface area contributed by atoms with E-state index in [9.17, 15) is 31.9 Å². The molecule has 0 aliphatic heterocycles. The highest BCUT2D eigenvalue weighted by atomic mass is 35.5. The first kappa shape index (κ1) is 22.3. The number of alkyl halides is 5. The summed E-state index contributed by atoms with van der Waals surface area (Å²) in [5.74, 6) is -1.20. The molecule has 0 saturated carbocycles. The van der Waals surface area contributed by atoms with Crippen LogP contribution in [0.4, 0.5) is 27.9 Å². The summed E-state index contributed by atoms with van der Waals surface area (Å²) < 4.78 is 66.2. The molecule has 2 N–H and O–H groups in total. The second-order valence-electron chi connectivity index (χ2n) is 7.48. The molecule has 1 amide bonds. The van der Waals surface area contributed by atoms with Gasteiger partial charge in [0.1, 0.15) is 11.1 Å². The summed E-state index contributed by atoms with van der Waals surface area (Å²) in [7, 11) is 0. The maximum Gasteiger partial charge on any atom is 0.434 e. The molecule has 0 radical (unpaired) electrons. The Labute approximate surface area is 161 Å². The maximum absolute atomic E-state index is 13.1. The Morgan fingerprint density at radius 1 is 1.25 bits per heavy atom. The summed E-state index contributed by atoms with van der Waals surface area (Å²) in [6.45, 7) is 5.68. The third-order valence-electron chi connectivity index (χ3n) is 3.77. The van der Waals surface area contributed by atoms with E-state index in [0.717, 1.165) is 13.0 Å². The molecule has 12 heteroatoms. The third kappa shape index (κ3) is 4.52. The Hall–Kier alpha value is -2.01. The van der Waals surface area contributed by atoms with Crippen LogP contribution in [-0.4, -0.2) is 37.6 Å². The SMILES string of the molecule is CC(O)(CC(=O)Nc1nc2cc(Cl)c(C(F)(F)F)nc2n1C(C)(C)C)C(F)F. The lowest BCUT2D eigenvalue weighted by Gasteiger charge is -2.25. The van der Waals surface area contributed by atoms with Crippen LogP contribution in [0.15, 0.2) is 6.07 Å². The van der Waals surface area contributed by atoms with Gasteiger partial charge in [0.25, 0.3) is 6.43 Å². The molecule has 156 valence electrons. The fourth-order valence-electron chi connectivity index (χ4n) is 2.47. The average molecular weight is 429 g/mol. The number of halogens is 6. The molecule has 0 aliphatic carbocycles. The zero-order chi connectivity index (χ0) is 21.7. The van der Waals surface area contributed by atoms with Gasteiger partial charge in [0.05, 0.1) is 11.4 Å². The minimum Gasteiger partial charge on any atom is -0.384 e. The van der Waals surface area contributed by atoms with Crippen molar-refractivity contribution in [2.45, 2.75) is 57.9 Å². The second kappa shape index (κ2) is 7.11. The van der Waals surface area contributed by atoms with E-state index in [1.54, 1.807) is 20.8 Å². The van der Waals surface area contributed by atoms with Crippen molar-refractivity contribution in [1.82, 2.24) is 14.5 Å². The fraction of sp³-hybridized carbons (Fsp3) is 0.562. The van der Waals surface area contributed by atoms with Crippen LogP contribution in [0.25, 0.3) is 11.2 Å². The number of carbonyl (C=O) groups excluding carboxylic acids is 1. The van der Waals surface area contributed by atoms with Gasteiger partial charge in [-0.2, -0.15) is 13.2 Å². The van der Waals surface area contributed by atoms with Crippen LogP contribution >= 0.6 is 11.6 Å². The zero-order valence-electron chi connectivity index (χ0n) is 15.3. The Bertz CT molecular complexity index is 903. The first-order chi connectivity index (χ1) is 12.5. The number of amides is 1. The molecule has 0 aliphatic rings. The molecule has 0 bridgehead atoms. The smallest absolute Gasteiger partial charge is 0.384 e. The van der Waals surface area contributed by atoms with Crippen LogP contribution in [0.3, 0.4) is 0 Å². The van der Waals surface area contributed by atoms with Gasteiger partial charge in [0.2, 0.25) is 11.9 Å². The van der Waals surface area contributed by atoms with Gasteiger partial charge in [0.15, 0.2) is 11.3 Å². The number of nitrogens with one attached hydrogen (secondary N) is 1. The van der Waals surface area contributed by atoms with E-state index >= 15 is 0 Å². The number of fused-ring (bicyclic) bond motifs is 1. The maximum atomic E-state index is 13.1. The van der Waals surface area contributed by atoms with E-state index in [4.69, 9.17) is 11.6 Å². The van der Waals surface area contributed by atoms with Gasteiger partial charge < -0.3 is 5.11 Å². The molecule has 2 heterocycles. The Morgan fingerprint density at radius 2 is 1.82 bits per heavy atom. The van der Waals surface area contributed by atoms with Gasteiger partial charge in [-0.25, -0.2) is 18.7 Å². The van der Waals surface area contributed by atoms with Crippen LogP contribution < -0.4 is 5.32 Å². The molecule has 1 atom stereocenters. The van der Waals surface area contributed by atoms with Crippen molar-refractivity contribution in [2.24, 2.45) is 0 Å². The number of carbonyl (C=O) groups is 1. The van der Waals surface area contributed by atoms with Crippen LogP contribution in [0.2, 0.25) is 5.02 Å². The molecule has 2 aromatic heterocycles. The monoisotopic (exact) mass is 428 g/mol. The Balaban J connectivity index is 2.56. The lowest BCUT2D eigenvalue weighted by Crippen LogP contribution is -2.38. The van der Waals surface area contributed by atoms with Gasteiger partial charge in [-0.15, -0.1) is 0 Å². The Kier molecular flexibility index (Phi) is 5.65. The summed E-state index contributed by atoms with van der Waals surface area (Å²) in [4.78, 5) is 19.7. The summed E-state index contributed by atoms with van der Waals surface area (Å²) >= 11 is 5.66. The quantitative estimate of drug-likeness (QED) is 0.715. The van der Waals surface area contributed by atoms with Gasteiger partial charge in [-0.05, 0) is 33.8 Å². The number of aromatic nitrogens is 3. The van der Waals surface area contributed by atoms with Crippen LogP contribution in [0, 0.1) is 0 Å². The molecule has 1 unspecified atom stereocenters. The summed E-state index contributed by atoms with van der Waals surface area (Å²) in [5.41, 5.74) is -4.99. The molecule has 28 heavy (non-hydrogen) atoms. The molecule has 0 aromatic carbocycles. The van der Waals surface area contributed by atoms with Gasteiger partial charge in [-0.1, -0.05) is 11.6 Å². The fourth-order valence-corrected chi connectivity index (χ4v) is 2.72. The highest BCUT2D eigenvalue weighted by molar-refractivity contribution is 6.31. The number of aliphatic hydroxyl groups is 1. The number of rotatable bonds is 4. The van der Waals surface area contributed by atoms with Gasteiger partial charge in [0, 0.05) is 5.54 Å². The van der Waals surface area contributed by atoms with Crippen molar-refractivity contribution >= 4 is 34.6 Å². The topological polar surface area (TPSA) is 80.0 Å². The van der Waals surface area contributed by atoms with Crippen molar-refractivity contribution in [3.05, 3.63) is 16.8 Å². The van der Waals surface area contributed by atoms with Crippen molar-refractivity contribution in [2.75, 3.05) is 5.32 Å². The minimum absolute atomic E-state index is 0.0242.